The Morgan fingerprint density at radius 1 is 1.35 bits per heavy atom. The normalized spacial score (nSPS) is 18.1. The van der Waals surface area contributed by atoms with Gasteiger partial charge in [-0.3, -0.25) is 10.00 Å². The first-order valence-electron chi connectivity index (χ1n) is 9.10. The Hall–Kier alpha value is -1.92. The molecule has 1 aromatic carbocycles. The Labute approximate surface area is 161 Å². The van der Waals surface area contributed by atoms with E-state index in [0.717, 1.165) is 46.7 Å². The standard InChI is InChI=1S/C20H23BrN4O/c1-13(2)17-10-19(26-24-17)18-7-4-8-25(18)12-15-11-22-23-20(15)14-5-3-6-16(21)9-14/h3,5-6,9-11,13,18H,4,7-8,12H2,1-2H3,(H,22,23). The molecule has 1 fully saturated rings. The highest BCUT2D eigenvalue weighted by Gasteiger charge is 2.30. The molecule has 3 heterocycles. The van der Waals surface area contributed by atoms with E-state index < -0.39 is 0 Å². The summed E-state index contributed by atoms with van der Waals surface area (Å²) in [6, 6.07) is 10.7. The van der Waals surface area contributed by atoms with Crippen molar-refractivity contribution >= 4 is 15.9 Å². The lowest BCUT2D eigenvalue weighted by Gasteiger charge is -2.22. The smallest absolute Gasteiger partial charge is 0.154 e. The molecular weight excluding hydrogens is 392 g/mol. The highest BCUT2D eigenvalue weighted by Crippen LogP contribution is 2.35. The number of aromatic nitrogens is 3. The third kappa shape index (κ3) is 3.48. The number of halogens is 1. The lowest BCUT2D eigenvalue weighted by Crippen LogP contribution is -2.22. The van der Waals surface area contributed by atoms with E-state index in [1.165, 1.54) is 12.0 Å². The van der Waals surface area contributed by atoms with Crippen molar-refractivity contribution in [1.29, 1.82) is 0 Å². The maximum atomic E-state index is 5.67. The molecule has 2 aromatic heterocycles. The Kier molecular flexibility index (Phi) is 4.96. The van der Waals surface area contributed by atoms with Gasteiger partial charge < -0.3 is 4.52 Å². The van der Waals surface area contributed by atoms with Crippen molar-refractivity contribution in [3.8, 4) is 11.3 Å². The van der Waals surface area contributed by atoms with Gasteiger partial charge in [0.2, 0.25) is 0 Å². The van der Waals surface area contributed by atoms with Crippen LogP contribution in [0.1, 0.15) is 55.7 Å². The summed E-state index contributed by atoms with van der Waals surface area (Å²) >= 11 is 3.55. The summed E-state index contributed by atoms with van der Waals surface area (Å²) in [7, 11) is 0. The summed E-state index contributed by atoms with van der Waals surface area (Å²) in [5, 5.41) is 11.7. The van der Waals surface area contributed by atoms with Gasteiger partial charge in [0.05, 0.1) is 23.6 Å². The van der Waals surface area contributed by atoms with Gasteiger partial charge in [-0.25, -0.2) is 0 Å². The summed E-state index contributed by atoms with van der Waals surface area (Å²) in [6.07, 6.45) is 4.22. The summed E-state index contributed by atoms with van der Waals surface area (Å²) in [6.45, 7) is 6.19. The van der Waals surface area contributed by atoms with Gasteiger partial charge in [0.25, 0.3) is 0 Å². The lowest BCUT2D eigenvalue weighted by atomic mass is 10.1. The van der Waals surface area contributed by atoms with Crippen LogP contribution in [0.2, 0.25) is 0 Å². The number of H-pyrrole nitrogens is 1. The first kappa shape index (κ1) is 17.5. The van der Waals surface area contributed by atoms with Gasteiger partial charge in [0, 0.05) is 28.2 Å². The summed E-state index contributed by atoms with van der Waals surface area (Å²) < 4.78 is 6.74. The largest absolute Gasteiger partial charge is 0.359 e. The molecule has 1 aliphatic heterocycles. The van der Waals surface area contributed by atoms with Crippen LogP contribution >= 0.6 is 15.9 Å². The number of likely N-dealkylation sites (tertiary alicyclic amines) is 1. The molecule has 0 spiro atoms. The SMILES string of the molecule is CC(C)c1cc(C2CCCN2Cc2cn[nH]c2-c2cccc(Br)c2)on1. The van der Waals surface area contributed by atoms with E-state index in [0.29, 0.717) is 12.0 Å². The maximum Gasteiger partial charge on any atom is 0.154 e. The number of rotatable bonds is 5. The maximum absolute atomic E-state index is 5.67. The van der Waals surface area contributed by atoms with E-state index >= 15 is 0 Å². The first-order valence-corrected chi connectivity index (χ1v) is 9.90. The van der Waals surface area contributed by atoms with Gasteiger partial charge in [-0.1, -0.05) is 47.1 Å². The van der Waals surface area contributed by atoms with Gasteiger partial charge in [-0.05, 0) is 37.4 Å². The third-order valence-corrected chi connectivity index (χ3v) is 5.53. The second kappa shape index (κ2) is 7.37. The van der Waals surface area contributed by atoms with Crippen LogP contribution in [-0.2, 0) is 6.54 Å². The fourth-order valence-electron chi connectivity index (χ4n) is 3.61. The van der Waals surface area contributed by atoms with Crippen molar-refractivity contribution < 1.29 is 4.52 Å². The van der Waals surface area contributed by atoms with Crippen LogP contribution in [0.5, 0.6) is 0 Å². The van der Waals surface area contributed by atoms with Crippen LogP contribution in [0.15, 0.2) is 45.5 Å². The van der Waals surface area contributed by atoms with E-state index in [-0.39, 0.29) is 0 Å². The molecule has 0 saturated carbocycles. The molecule has 0 aliphatic carbocycles. The van der Waals surface area contributed by atoms with Crippen molar-refractivity contribution in [2.45, 2.75) is 45.2 Å². The molecule has 4 rings (SSSR count). The number of aromatic amines is 1. The topological polar surface area (TPSA) is 58.0 Å². The molecular formula is C20H23BrN4O. The molecule has 1 unspecified atom stereocenters. The average Bonchev–Trinajstić information content (AvgIpc) is 3.35. The van der Waals surface area contributed by atoms with E-state index in [4.69, 9.17) is 4.52 Å². The molecule has 1 atom stereocenters. The Morgan fingerprint density at radius 2 is 2.23 bits per heavy atom. The zero-order chi connectivity index (χ0) is 18.1. The van der Waals surface area contributed by atoms with E-state index in [1.807, 2.05) is 18.3 Å². The second-order valence-corrected chi connectivity index (χ2v) is 8.13. The lowest BCUT2D eigenvalue weighted by molar-refractivity contribution is 0.206. The zero-order valence-electron chi connectivity index (χ0n) is 15.1. The number of benzene rings is 1. The fraction of sp³-hybridized carbons (Fsp3) is 0.400. The monoisotopic (exact) mass is 414 g/mol. The molecule has 6 heteroatoms. The van der Waals surface area contributed by atoms with Crippen LogP contribution in [0, 0.1) is 0 Å². The Balaban J connectivity index is 1.56. The third-order valence-electron chi connectivity index (χ3n) is 5.03. The number of nitrogens with one attached hydrogen (secondary N) is 1. The molecule has 136 valence electrons. The van der Waals surface area contributed by atoms with Gasteiger partial charge in [0.15, 0.2) is 5.76 Å². The minimum atomic E-state index is 0.292. The predicted molar refractivity (Wildman–Crippen MR) is 105 cm³/mol. The predicted octanol–water partition coefficient (Wildman–Crippen LogP) is 5.29. The Bertz CT molecular complexity index is 885. The van der Waals surface area contributed by atoms with Crippen molar-refractivity contribution in [2.24, 2.45) is 0 Å². The molecule has 1 aliphatic rings. The average molecular weight is 415 g/mol. The summed E-state index contributed by atoms with van der Waals surface area (Å²) in [5.74, 6) is 1.37. The molecule has 0 bridgehead atoms. The van der Waals surface area contributed by atoms with E-state index in [1.54, 1.807) is 0 Å². The second-order valence-electron chi connectivity index (χ2n) is 7.22. The fourth-order valence-corrected chi connectivity index (χ4v) is 4.01. The first-order chi connectivity index (χ1) is 12.6. The van der Waals surface area contributed by atoms with E-state index in [2.05, 4.69) is 68.2 Å². The number of hydrogen-bond donors (Lipinski definition) is 1. The van der Waals surface area contributed by atoms with Crippen LogP contribution in [0.25, 0.3) is 11.3 Å². The number of nitrogens with zero attached hydrogens (tertiary/aromatic N) is 3. The van der Waals surface area contributed by atoms with Gasteiger partial charge in [-0.15, -0.1) is 0 Å². The van der Waals surface area contributed by atoms with Gasteiger partial charge in [0.1, 0.15) is 0 Å². The van der Waals surface area contributed by atoms with Gasteiger partial charge in [-0.2, -0.15) is 5.10 Å². The van der Waals surface area contributed by atoms with Gasteiger partial charge >= 0.3 is 0 Å². The van der Waals surface area contributed by atoms with Crippen molar-refractivity contribution in [3.05, 3.63) is 58.0 Å². The molecule has 26 heavy (non-hydrogen) atoms. The Morgan fingerprint density at radius 3 is 3.00 bits per heavy atom. The van der Waals surface area contributed by atoms with Crippen LogP contribution < -0.4 is 0 Å². The summed E-state index contributed by atoms with van der Waals surface area (Å²) in [5.41, 5.74) is 4.46. The quantitative estimate of drug-likeness (QED) is 0.616. The number of hydrogen-bond acceptors (Lipinski definition) is 4. The van der Waals surface area contributed by atoms with E-state index in [9.17, 15) is 0 Å². The molecule has 0 amide bonds. The highest BCUT2D eigenvalue weighted by atomic mass is 79.9. The highest BCUT2D eigenvalue weighted by molar-refractivity contribution is 9.10. The minimum absolute atomic E-state index is 0.292. The zero-order valence-corrected chi connectivity index (χ0v) is 16.7. The molecule has 0 radical (unpaired) electrons. The van der Waals surface area contributed by atoms with Crippen LogP contribution in [-0.4, -0.2) is 26.8 Å². The molecule has 5 nitrogen and oxygen atoms in total. The molecule has 1 saturated heterocycles. The molecule has 3 aromatic rings. The van der Waals surface area contributed by atoms with Crippen molar-refractivity contribution in [1.82, 2.24) is 20.3 Å². The van der Waals surface area contributed by atoms with Crippen molar-refractivity contribution in [2.75, 3.05) is 6.54 Å². The van der Waals surface area contributed by atoms with Crippen molar-refractivity contribution in [3.63, 3.8) is 0 Å². The minimum Gasteiger partial charge on any atom is -0.359 e. The summed E-state index contributed by atoms with van der Waals surface area (Å²) in [4.78, 5) is 2.47. The van der Waals surface area contributed by atoms with Crippen LogP contribution in [0.3, 0.4) is 0 Å². The van der Waals surface area contributed by atoms with Crippen LogP contribution in [0.4, 0.5) is 0 Å². The molecule has 1 N–H and O–H groups in total.